The van der Waals surface area contributed by atoms with Crippen LogP contribution in [0.4, 0.5) is 0 Å². The number of carbonyl (C=O) groups excluding carboxylic acids is 2. The van der Waals surface area contributed by atoms with Crippen molar-refractivity contribution < 1.29 is 19.4 Å². The Morgan fingerprint density at radius 1 is 1.26 bits per heavy atom. The summed E-state index contributed by atoms with van der Waals surface area (Å²) in [5, 5.41) is 11.1. The summed E-state index contributed by atoms with van der Waals surface area (Å²) in [5.74, 6) is -1.39. The number of aromatic nitrogens is 2. The van der Waals surface area contributed by atoms with E-state index in [1.807, 2.05) is 0 Å². The van der Waals surface area contributed by atoms with Crippen LogP contribution >= 0.6 is 11.3 Å². The van der Waals surface area contributed by atoms with Crippen molar-refractivity contribution in [3.05, 3.63) is 62.0 Å². The molecule has 0 bridgehead atoms. The lowest BCUT2D eigenvalue weighted by molar-refractivity contribution is -0.255. The Balaban J connectivity index is 1.95. The number of nitrogens with one attached hydrogen (secondary N) is 1. The maximum absolute atomic E-state index is 12.4. The number of fused-ring (bicyclic) bond motifs is 1. The number of aromatic carboxylic acids is 1. The number of carbonyl (C=O) groups is 2. The Kier molecular flexibility index (Phi) is 5.18. The van der Waals surface area contributed by atoms with Crippen LogP contribution in [0.25, 0.3) is 22.4 Å². The Labute approximate surface area is 158 Å². The largest absolute Gasteiger partial charge is 0.545 e. The molecular weight excluding hydrogens is 368 g/mol. The predicted octanol–water partition coefficient (Wildman–Crippen LogP) is 2.00. The highest BCUT2D eigenvalue weighted by molar-refractivity contribution is 7.20. The Hall–Kier alpha value is -3.26. The van der Waals surface area contributed by atoms with Crippen LogP contribution in [-0.4, -0.2) is 28.5 Å². The molecule has 1 aromatic carbocycles. The van der Waals surface area contributed by atoms with E-state index in [1.54, 1.807) is 38.1 Å². The second-order valence-corrected chi connectivity index (χ2v) is 6.65. The third-order valence-corrected chi connectivity index (χ3v) is 5.03. The minimum atomic E-state index is -1.24. The number of hydrogen-bond donors (Lipinski definition) is 1. The highest BCUT2D eigenvalue weighted by Gasteiger charge is 2.19. The first-order chi connectivity index (χ1) is 12.9. The fraction of sp³-hybridized carbons (Fsp3) is 0.158. The van der Waals surface area contributed by atoms with Crippen molar-refractivity contribution in [1.82, 2.24) is 9.97 Å². The molecule has 0 unspecified atom stereocenters. The minimum absolute atomic E-state index is 0.0839. The SMILES string of the molecule is CCOC(=O)c1sc2nc(/C=C/c3ccc(C(=O)[O-])cc3)[nH]c(=O)c2c1C. The van der Waals surface area contributed by atoms with E-state index in [4.69, 9.17) is 4.74 Å². The molecule has 2 aromatic heterocycles. The average molecular weight is 383 g/mol. The Bertz CT molecular complexity index is 1110. The van der Waals surface area contributed by atoms with Gasteiger partial charge in [0.05, 0.1) is 18.0 Å². The minimum Gasteiger partial charge on any atom is -0.545 e. The van der Waals surface area contributed by atoms with Crippen molar-refractivity contribution in [3.8, 4) is 0 Å². The van der Waals surface area contributed by atoms with Crippen LogP contribution in [0.5, 0.6) is 0 Å². The summed E-state index contributed by atoms with van der Waals surface area (Å²) in [6.07, 6.45) is 3.30. The quantitative estimate of drug-likeness (QED) is 0.675. The van der Waals surface area contributed by atoms with Crippen LogP contribution < -0.4 is 10.7 Å². The third-order valence-electron chi connectivity index (χ3n) is 3.86. The van der Waals surface area contributed by atoms with E-state index in [9.17, 15) is 19.5 Å². The lowest BCUT2D eigenvalue weighted by atomic mass is 10.1. The van der Waals surface area contributed by atoms with Gasteiger partial charge in [-0.15, -0.1) is 11.3 Å². The number of carboxylic acid groups (broad SMARTS) is 1. The first-order valence-electron chi connectivity index (χ1n) is 8.10. The molecule has 2 heterocycles. The van der Waals surface area contributed by atoms with E-state index in [0.29, 0.717) is 26.5 Å². The molecule has 27 heavy (non-hydrogen) atoms. The van der Waals surface area contributed by atoms with Crippen molar-refractivity contribution in [2.75, 3.05) is 6.61 Å². The van der Waals surface area contributed by atoms with E-state index < -0.39 is 11.9 Å². The van der Waals surface area contributed by atoms with Gasteiger partial charge in [0.25, 0.3) is 5.56 Å². The molecule has 0 radical (unpaired) electrons. The molecule has 138 valence electrons. The number of ether oxygens (including phenoxy) is 1. The van der Waals surface area contributed by atoms with Gasteiger partial charge in [-0.25, -0.2) is 9.78 Å². The van der Waals surface area contributed by atoms with Gasteiger partial charge in [0, 0.05) is 0 Å². The van der Waals surface area contributed by atoms with Crippen LogP contribution in [-0.2, 0) is 4.74 Å². The van der Waals surface area contributed by atoms with E-state index >= 15 is 0 Å². The summed E-state index contributed by atoms with van der Waals surface area (Å²) < 4.78 is 5.01. The zero-order chi connectivity index (χ0) is 19.6. The molecule has 7 nitrogen and oxygen atoms in total. The molecule has 3 aromatic rings. The van der Waals surface area contributed by atoms with Crippen LogP contribution in [0, 0.1) is 6.92 Å². The molecule has 0 aliphatic carbocycles. The van der Waals surface area contributed by atoms with Crippen LogP contribution in [0.3, 0.4) is 0 Å². The second kappa shape index (κ2) is 7.55. The normalized spacial score (nSPS) is 11.2. The predicted molar refractivity (Wildman–Crippen MR) is 101 cm³/mol. The van der Waals surface area contributed by atoms with Gasteiger partial charge >= 0.3 is 5.97 Å². The number of H-pyrrole nitrogens is 1. The molecule has 0 fully saturated rings. The molecule has 0 saturated carbocycles. The number of benzene rings is 1. The summed E-state index contributed by atoms with van der Waals surface area (Å²) in [5.41, 5.74) is 1.03. The van der Waals surface area contributed by atoms with E-state index in [2.05, 4.69) is 9.97 Å². The maximum atomic E-state index is 12.4. The molecule has 0 aliphatic heterocycles. The number of hydrogen-bond acceptors (Lipinski definition) is 7. The molecule has 0 aliphatic rings. The zero-order valence-electron chi connectivity index (χ0n) is 14.6. The molecule has 1 N–H and O–H groups in total. The van der Waals surface area contributed by atoms with Gasteiger partial charge in [-0.1, -0.05) is 30.3 Å². The van der Waals surface area contributed by atoms with Gasteiger partial charge in [-0.3, -0.25) is 4.79 Å². The summed E-state index contributed by atoms with van der Waals surface area (Å²) >= 11 is 1.12. The van der Waals surface area contributed by atoms with Crippen molar-refractivity contribution in [2.45, 2.75) is 13.8 Å². The number of esters is 1. The highest BCUT2D eigenvalue weighted by atomic mass is 32.1. The van der Waals surface area contributed by atoms with Crippen molar-refractivity contribution in [1.29, 1.82) is 0 Å². The zero-order valence-corrected chi connectivity index (χ0v) is 15.4. The maximum Gasteiger partial charge on any atom is 0.348 e. The van der Waals surface area contributed by atoms with Gasteiger partial charge in [-0.2, -0.15) is 0 Å². The number of aryl methyl sites for hydroxylation is 1. The van der Waals surface area contributed by atoms with Crippen molar-refractivity contribution in [2.24, 2.45) is 0 Å². The van der Waals surface area contributed by atoms with Crippen molar-refractivity contribution in [3.63, 3.8) is 0 Å². The van der Waals surface area contributed by atoms with E-state index in [0.717, 1.165) is 16.9 Å². The molecule has 0 spiro atoms. The molecule has 3 rings (SSSR count). The fourth-order valence-corrected chi connectivity index (χ4v) is 3.62. The Morgan fingerprint density at radius 3 is 2.59 bits per heavy atom. The molecule has 0 atom stereocenters. The molecule has 8 heteroatoms. The number of rotatable bonds is 5. The summed E-state index contributed by atoms with van der Waals surface area (Å²) in [7, 11) is 0. The van der Waals surface area contributed by atoms with Gasteiger partial charge < -0.3 is 19.6 Å². The van der Waals surface area contributed by atoms with Gasteiger partial charge in [0.2, 0.25) is 0 Å². The molecular formula is C19H15N2O5S-. The van der Waals surface area contributed by atoms with E-state index in [1.165, 1.54) is 12.1 Å². The van der Waals surface area contributed by atoms with Crippen LogP contribution in [0.1, 0.15) is 43.9 Å². The van der Waals surface area contributed by atoms with Crippen LogP contribution in [0.2, 0.25) is 0 Å². The summed E-state index contributed by atoms with van der Waals surface area (Å²) in [6.45, 7) is 3.66. The summed E-state index contributed by atoms with van der Waals surface area (Å²) in [6, 6.07) is 6.10. The van der Waals surface area contributed by atoms with E-state index in [-0.39, 0.29) is 17.7 Å². The summed E-state index contributed by atoms with van der Waals surface area (Å²) in [4.78, 5) is 43.0. The number of thiophene rings is 1. The Morgan fingerprint density at radius 2 is 1.96 bits per heavy atom. The van der Waals surface area contributed by atoms with Gasteiger partial charge in [0.1, 0.15) is 15.5 Å². The first kappa shape index (κ1) is 18.5. The number of nitrogens with zero attached hydrogens (tertiary/aromatic N) is 1. The number of carboxylic acids is 1. The fourth-order valence-electron chi connectivity index (χ4n) is 2.54. The molecule has 0 saturated heterocycles. The standard InChI is InChI=1S/C19H16N2O5S/c1-3-26-19(25)15-10(2)14-16(22)20-13(21-17(14)27-15)9-6-11-4-7-12(8-5-11)18(23)24/h4-9H,3H2,1-2H3,(H,23,24)(H,20,21,22)/p-1/b9-6+. The first-order valence-corrected chi connectivity index (χ1v) is 8.92. The highest BCUT2D eigenvalue weighted by Crippen LogP contribution is 2.27. The number of aromatic amines is 1. The monoisotopic (exact) mass is 383 g/mol. The topological polar surface area (TPSA) is 112 Å². The average Bonchev–Trinajstić information content (AvgIpc) is 2.97. The van der Waals surface area contributed by atoms with Gasteiger partial charge in [-0.05, 0) is 36.6 Å². The lowest BCUT2D eigenvalue weighted by Gasteiger charge is -2.01. The molecule has 0 amide bonds. The lowest BCUT2D eigenvalue weighted by Crippen LogP contribution is -2.21. The van der Waals surface area contributed by atoms with Crippen LogP contribution in [0.15, 0.2) is 29.1 Å². The smallest absolute Gasteiger partial charge is 0.348 e. The third kappa shape index (κ3) is 3.80. The van der Waals surface area contributed by atoms with Crippen molar-refractivity contribution >= 4 is 45.6 Å². The van der Waals surface area contributed by atoms with Gasteiger partial charge in [0.15, 0.2) is 0 Å². The second-order valence-electron chi connectivity index (χ2n) is 5.65.